The molecule has 142 valence electrons. The van der Waals surface area contributed by atoms with Gasteiger partial charge < -0.3 is 0 Å². The van der Waals surface area contributed by atoms with E-state index < -0.39 is 0 Å². The molecule has 0 spiro atoms. The Morgan fingerprint density at radius 1 is 0.552 bits per heavy atom. The lowest BCUT2D eigenvalue weighted by atomic mass is 9.62. The Kier molecular flexibility index (Phi) is 2.15. The summed E-state index contributed by atoms with van der Waals surface area (Å²) in [6, 6.07) is 10.6. The highest BCUT2D eigenvalue weighted by atomic mass is 14.6. The van der Waals surface area contributed by atoms with E-state index in [4.69, 9.17) is 0 Å². The first-order valence-electron chi connectivity index (χ1n) is 11.8. The van der Waals surface area contributed by atoms with Crippen molar-refractivity contribution in [3.8, 4) is 11.1 Å². The minimum atomic E-state index is 0.145. The van der Waals surface area contributed by atoms with Gasteiger partial charge in [0.05, 0.1) is 0 Å². The van der Waals surface area contributed by atoms with Crippen LogP contribution < -0.4 is 0 Å². The molecule has 0 aromatic heterocycles. The second kappa shape index (κ2) is 4.20. The second-order valence-corrected chi connectivity index (χ2v) is 11.7. The second-order valence-electron chi connectivity index (χ2n) is 11.7. The molecule has 2 aromatic carbocycles. The van der Waals surface area contributed by atoms with E-state index >= 15 is 0 Å². The Bertz CT molecular complexity index is 1140. The number of hydrogen-bond donors (Lipinski definition) is 0. The Morgan fingerprint density at radius 3 is 1.28 bits per heavy atom. The molecule has 0 heteroatoms. The lowest BCUT2D eigenvalue weighted by Crippen LogP contribution is -2.29. The van der Waals surface area contributed by atoms with Crippen LogP contribution in [0.3, 0.4) is 0 Å². The molecule has 7 aliphatic carbocycles. The van der Waals surface area contributed by atoms with E-state index in [0.29, 0.717) is 0 Å². The fraction of sp³-hybridized carbons (Fsp3) is 0.448. The molecule has 29 heavy (non-hydrogen) atoms. The van der Waals surface area contributed by atoms with Gasteiger partial charge in [0.25, 0.3) is 0 Å². The van der Waals surface area contributed by atoms with Crippen LogP contribution in [0.25, 0.3) is 11.1 Å². The SMILES string of the molecule is CC1(C)c2cc3c(cc2-c2cc4c(cc21)C1C2C=CC(C2)C41)C1C2C=CC(C2)C31. The molecule has 8 unspecified atom stereocenters. The lowest BCUT2D eigenvalue weighted by molar-refractivity contribution is 0.441. The molecular formula is C29H26. The van der Waals surface area contributed by atoms with Gasteiger partial charge >= 0.3 is 0 Å². The van der Waals surface area contributed by atoms with Crippen molar-refractivity contribution >= 4 is 0 Å². The minimum Gasteiger partial charge on any atom is -0.0845 e. The zero-order valence-electron chi connectivity index (χ0n) is 17.2. The molecule has 4 bridgehead atoms. The number of fused-ring (bicyclic) bond motifs is 19. The molecule has 9 rings (SSSR count). The van der Waals surface area contributed by atoms with Crippen LogP contribution in [0.5, 0.6) is 0 Å². The standard InChI is InChI=1S/C29H26/c1-29(2)23-11-21-19(25-13-3-5-15(7-13)27(21)25)9-17(23)18-10-20-22(12-24(18)29)28-16-6-4-14(8-16)26(20)28/h3-6,9-16,25-28H,7-8H2,1-2H3. The van der Waals surface area contributed by atoms with E-state index in [1.54, 1.807) is 44.5 Å². The monoisotopic (exact) mass is 374 g/mol. The maximum Gasteiger partial charge on any atom is 0.0159 e. The highest BCUT2D eigenvalue weighted by Crippen LogP contribution is 2.69. The third kappa shape index (κ3) is 1.37. The third-order valence-electron chi connectivity index (χ3n) is 10.4. The summed E-state index contributed by atoms with van der Waals surface area (Å²) in [5, 5.41) is 0. The van der Waals surface area contributed by atoms with Crippen LogP contribution in [0.4, 0.5) is 0 Å². The quantitative estimate of drug-likeness (QED) is 0.447. The molecule has 2 saturated carbocycles. The van der Waals surface area contributed by atoms with Crippen LogP contribution >= 0.6 is 0 Å². The first-order chi connectivity index (χ1) is 14.1. The summed E-state index contributed by atoms with van der Waals surface area (Å²) < 4.78 is 0. The van der Waals surface area contributed by atoms with Gasteiger partial charge in [-0.15, -0.1) is 0 Å². The first-order valence-corrected chi connectivity index (χ1v) is 11.8. The van der Waals surface area contributed by atoms with E-state index in [-0.39, 0.29) is 5.41 Å². The van der Waals surface area contributed by atoms with Crippen molar-refractivity contribution in [2.45, 2.75) is 55.8 Å². The first kappa shape index (κ1) is 14.8. The summed E-state index contributed by atoms with van der Waals surface area (Å²) >= 11 is 0. The molecule has 0 saturated heterocycles. The van der Waals surface area contributed by atoms with E-state index in [1.165, 1.54) is 12.8 Å². The maximum absolute atomic E-state index is 2.64. The maximum atomic E-state index is 2.64. The van der Waals surface area contributed by atoms with Gasteiger partial charge in [-0.2, -0.15) is 0 Å². The summed E-state index contributed by atoms with van der Waals surface area (Å²) in [6.45, 7) is 4.95. The predicted molar refractivity (Wildman–Crippen MR) is 116 cm³/mol. The molecular weight excluding hydrogens is 348 g/mol. The predicted octanol–water partition coefficient (Wildman–Crippen LogP) is 6.77. The van der Waals surface area contributed by atoms with Gasteiger partial charge in [0.15, 0.2) is 0 Å². The van der Waals surface area contributed by atoms with E-state index in [0.717, 1.165) is 47.3 Å². The minimum absolute atomic E-state index is 0.145. The average molecular weight is 375 g/mol. The zero-order chi connectivity index (χ0) is 18.8. The van der Waals surface area contributed by atoms with Crippen molar-refractivity contribution in [1.82, 2.24) is 0 Å². The van der Waals surface area contributed by atoms with Crippen LogP contribution in [-0.4, -0.2) is 0 Å². The Hall–Kier alpha value is -2.08. The van der Waals surface area contributed by atoms with Crippen LogP contribution in [0.1, 0.15) is 83.7 Å². The van der Waals surface area contributed by atoms with Crippen molar-refractivity contribution in [3.63, 3.8) is 0 Å². The Labute approximate surface area is 172 Å². The fourth-order valence-corrected chi connectivity index (χ4v) is 9.19. The number of benzene rings is 2. The summed E-state index contributed by atoms with van der Waals surface area (Å²) in [5.41, 5.74) is 13.3. The van der Waals surface area contributed by atoms with Crippen molar-refractivity contribution in [3.05, 3.63) is 82.0 Å². The molecule has 0 radical (unpaired) electrons. The summed E-state index contributed by atoms with van der Waals surface area (Å²) in [4.78, 5) is 0. The van der Waals surface area contributed by atoms with E-state index in [1.807, 2.05) is 0 Å². The zero-order valence-corrected chi connectivity index (χ0v) is 17.2. The van der Waals surface area contributed by atoms with Crippen LogP contribution in [0.2, 0.25) is 0 Å². The van der Waals surface area contributed by atoms with Gasteiger partial charge in [0.1, 0.15) is 0 Å². The summed E-state index contributed by atoms with van der Waals surface area (Å²) in [5.74, 6) is 6.59. The van der Waals surface area contributed by atoms with Crippen LogP contribution in [0, 0.1) is 23.7 Å². The molecule has 0 amide bonds. The third-order valence-corrected chi connectivity index (χ3v) is 10.4. The molecule has 7 aliphatic rings. The number of hydrogen-bond acceptors (Lipinski definition) is 0. The average Bonchev–Trinajstić information content (AvgIpc) is 3.46. The molecule has 0 N–H and O–H groups in total. The van der Waals surface area contributed by atoms with Crippen molar-refractivity contribution < 1.29 is 0 Å². The van der Waals surface area contributed by atoms with Crippen LogP contribution in [-0.2, 0) is 5.41 Å². The highest BCUT2D eigenvalue weighted by molar-refractivity contribution is 5.85. The number of allylic oxidation sites excluding steroid dienone is 4. The Morgan fingerprint density at radius 2 is 0.897 bits per heavy atom. The van der Waals surface area contributed by atoms with Crippen molar-refractivity contribution in [1.29, 1.82) is 0 Å². The van der Waals surface area contributed by atoms with Gasteiger partial charge in [0, 0.05) is 5.41 Å². The van der Waals surface area contributed by atoms with Gasteiger partial charge in [0.2, 0.25) is 0 Å². The molecule has 0 heterocycles. The van der Waals surface area contributed by atoms with E-state index in [2.05, 4.69) is 62.4 Å². The molecule has 0 aliphatic heterocycles. The van der Waals surface area contributed by atoms with Crippen LogP contribution in [0.15, 0.2) is 48.6 Å². The Balaban J connectivity index is 1.25. The topological polar surface area (TPSA) is 0 Å². The van der Waals surface area contributed by atoms with Gasteiger partial charge in [-0.25, -0.2) is 0 Å². The molecule has 0 nitrogen and oxygen atoms in total. The fourth-order valence-electron chi connectivity index (χ4n) is 9.19. The normalized spacial score (nSPS) is 43.2. The summed E-state index contributed by atoms with van der Waals surface area (Å²) in [6.07, 6.45) is 12.9. The smallest absolute Gasteiger partial charge is 0.0159 e. The molecule has 8 atom stereocenters. The number of rotatable bonds is 0. The molecule has 2 fully saturated rings. The van der Waals surface area contributed by atoms with Crippen molar-refractivity contribution in [2.24, 2.45) is 23.7 Å². The van der Waals surface area contributed by atoms with Gasteiger partial charge in [-0.3, -0.25) is 0 Å². The van der Waals surface area contributed by atoms with E-state index in [9.17, 15) is 0 Å². The summed E-state index contributed by atoms with van der Waals surface area (Å²) in [7, 11) is 0. The molecule has 2 aromatic rings. The van der Waals surface area contributed by atoms with Gasteiger partial charge in [-0.1, -0.05) is 62.4 Å². The highest BCUT2D eigenvalue weighted by Gasteiger charge is 2.56. The van der Waals surface area contributed by atoms with Gasteiger partial charge in [-0.05, 0) is 105 Å². The van der Waals surface area contributed by atoms with Crippen molar-refractivity contribution in [2.75, 3.05) is 0 Å². The lowest BCUT2D eigenvalue weighted by Gasteiger charge is -2.42. The largest absolute Gasteiger partial charge is 0.0845 e.